The van der Waals surface area contributed by atoms with Crippen molar-refractivity contribution < 1.29 is 14.6 Å². The molecule has 1 aromatic rings. The predicted octanol–water partition coefficient (Wildman–Crippen LogP) is 1.32. The number of ether oxygens (including phenoxy) is 1. The first kappa shape index (κ1) is 13.9. The van der Waals surface area contributed by atoms with Crippen LogP contribution in [0, 0.1) is 0 Å². The second-order valence-corrected chi connectivity index (χ2v) is 4.10. The molecular weight excluding hydrogens is 288 g/mol. The molecule has 1 amide bonds. The van der Waals surface area contributed by atoms with Gasteiger partial charge in [-0.1, -0.05) is 15.9 Å². The zero-order valence-electron chi connectivity index (χ0n) is 9.36. The number of carbonyl (C=O) groups excluding carboxylic acids is 1. The highest BCUT2D eigenvalue weighted by molar-refractivity contribution is 9.09. The number of hydrogen-bond donors (Lipinski definition) is 2. The van der Waals surface area contributed by atoms with Crippen molar-refractivity contribution >= 4 is 21.8 Å². The summed E-state index contributed by atoms with van der Waals surface area (Å²) < 4.78 is 5.24. The van der Waals surface area contributed by atoms with Gasteiger partial charge in [0.05, 0.1) is 18.4 Å². The van der Waals surface area contributed by atoms with Crippen LogP contribution in [0.5, 0.6) is 5.75 Å². The monoisotopic (exact) mass is 302 g/mol. The smallest absolute Gasteiger partial charge is 0.255 e. The lowest BCUT2D eigenvalue weighted by Gasteiger charge is -2.06. The van der Waals surface area contributed by atoms with Crippen molar-refractivity contribution in [2.45, 2.75) is 6.42 Å². The second kappa shape index (κ2) is 8.03. The summed E-state index contributed by atoms with van der Waals surface area (Å²) in [4.78, 5) is 15.3. The van der Waals surface area contributed by atoms with Crippen molar-refractivity contribution in [2.24, 2.45) is 0 Å². The Hall–Kier alpha value is -1.14. The predicted molar refractivity (Wildman–Crippen MR) is 67.5 cm³/mol. The largest absolute Gasteiger partial charge is 0.505 e. The molecule has 5 nitrogen and oxygen atoms in total. The van der Waals surface area contributed by atoms with Crippen LogP contribution in [0.4, 0.5) is 0 Å². The van der Waals surface area contributed by atoms with Crippen LogP contribution in [-0.4, -0.2) is 41.1 Å². The van der Waals surface area contributed by atoms with Gasteiger partial charge in [-0.25, -0.2) is 0 Å². The Bertz CT molecular complexity index is 360. The number of hydrogen-bond acceptors (Lipinski definition) is 4. The van der Waals surface area contributed by atoms with Crippen LogP contribution in [0.15, 0.2) is 18.5 Å². The van der Waals surface area contributed by atoms with Crippen LogP contribution in [0.2, 0.25) is 0 Å². The molecule has 94 valence electrons. The minimum absolute atomic E-state index is 0.111. The Kier molecular flexibility index (Phi) is 6.57. The Balaban J connectivity index is 2.24. The lowest BCUT2D eigenvalue weighted by molar-refractivity contribution is 0.0942. The van der Waals surface area contributed by atoms with Crippen molar-refractivity contribution in [1.29, 1.82) is 0 Å². The van der Waals surface area contributed by atoms with Gasteiger partial charge in [-0.15, -0.1) is 0 Å². The molecule has 2 N–H and O–H groups in total. The van der Waals surface area contributed by atoms with Gasteiger partial charge in [0.2, 0.25) is 0 Å². The number of rotatable bonds is 7. The molecule has 0 fully saturated rings. The summed E-state index contributed by atoms with van der Waals surface area (Å²) in [6.07, 6.45) is 3.45. The van der Waals surface area contributed by atoms with E-state index in [0.29, 0.717) is 19.8 Å². The zero-order chi connectivity index (χ0) is 12.5. The average molecular weight is 303 g/mol. The van der Waals surface area contributed by atoms with Gasteiger partial charge in [-0.05, 0) is 12.5 Å². The lowest BCUT2D eigenvalue weighted by Crippen LogP contribution is -2.25. The van der Waals surface area contributed by atoms with E-state index in [1.165, 1.54) is 18.5 Å². The van der Waals surface area contributed by atoms with Gasteiger partial charge >= 0.3 is 0 Å². The molecule has 6 heteroatoms. The summed E-state index contributed by atoms with van der Waals surface area (Å²) in [5.74, 6) is -0.411. The van der Waals surface area contributed by atoms with Crippen LogP contribution < -0.4 is 5.32 Å². The molecule has 0 radical (unpaired) electrons. The normalized spacial score (nSPS) is 10.2. The molecule has 17 heavy (non-hydrogen) atoms. The molecule has 0 aliphatic heterocycles. The standard InChI is InChI=1S/C11H15BrN2O3/c12-3-7-17-6-1-4-14-11(16)9-2-5-13-8-10(9)15/h2,5,8,15H,1,3-4,6-7H2,(H,14,16). The number of pyridine rings is 1. The van der Waals surface area contributed by atoms with Crippen LogP contribution in [0.25, 0.3) is 0 Å². The average Bonchev–Trinajstić information content (AvgIpc) is 2.34. The Labute approximate surface area is 108 Å². The summed E-state index contributed by atoms with van der Waals surface area (Å²) in [7, 11) is 0. The van der Waals surface area contributed by atoms with E-state index >= 15 is 0 Å². The third kappa shape index (κ3) is 5.14. The van der Waals surface area contributed by atoms with Crippen molar-refractivity contribution in [3.63, 3.8) is 0 Å². The van der Waals surface area contributed by atoms with Crippen LogP contribution >= 0.6 is 15.9 Å². The van der Waals surface area contributed by atoms with E-state index in [1.54, 1.807) is 0 Å². The van der Waals surface area contributed by atoms with Gasteiger partial charge in [0, 0.05) is 24.7 Å². The molecule has 0 bridgehead atoms. The first-order chi connectivity index (χ1) is 8.25. The van der Waals surface area contributed by atoms with Gasteiger partial charge < -0.3 is 15.2 Å². The van der Waals surface area contributed by atoms with E-state index in [1.807, 2.05) is 0 Å². The van der Waals surface area contributed by atoms with Crippen molar-refractivity contribution in [2.75, 3.05) is 25.1 Å². The van der Waals surface area contributed by atoms with Gasteiger partial charge in [0.25, 0.3) is 5.91 Å². The van der Waals surface area contributed by atoms with Gasteiger partial charge in [0.1, 0.15) is 5.75 Å². The van der Waals surface area contributed by atoms with Crippen LogP contribution in [-0.2, 0) is 4.74 Å². The highest BCUT2D eigenvalue weighted by Crippen LogP contribution is 2.12. The number of nitrogens with one attached hydrogen (secondary N) is 1. The molecular formula is C11H15BrN2O3. The highest BCUT2D eigenvalue weighted by Gasteiger charge is 2.09. The van der Waals surface area contributed by atoms with E-state index in [2.05, 4.69) is 26.2 Å². The van der Waals surface area contributed by atoms with Crippen LogP contribution in [0.1, 0.15) is 16.8 Å². The molecule has 1 aromatic heterocycles. The fourth-order valence-corrected chi connectivity index (χ4v) is 1.44. The zero-order valence-corrected chi connectivity index (χ0v) is 10.9. The quantitative estimate of drug-likeness (QED) is 0.589. The fraction of sp³-hybridized carbons (Fsp3) is 0.455. The summed E-state index contributed by atoms with van der Waals surface area (Å²) in [5, 5.41) is 12.9. The number of carbonyl (C=O) groups is 1. The van der Waals surface area contributed by atoms with Crippen molar-refractivity contribution in [3.05, 3.63) is 24.0 Å². The molecule has 0 unspecified atom stereocenters. The second-order valence-electron chi connectivity index (χ2n) is 3.30. The summed E-state index contributed by atoms with van der Waals surface area (Å²) in [5.41, 5.74) is 0.237. The Morgan fingerprint density at radius 2 is 2.35 bits per heavy atom. The number of aromatic nitrogens is 1. The minimum atomic E-state index is -0.301. The third-order valence-electron chi connectivity index (χ3n) is 2.02. The number of halogens is 1. The maximum absolute atomic E-state index is 11.6. The van der Waals surface area contributed by atoms with E-state index in [0.717, 1.165) is 11.8 Å². The summed E-state index contributed by atoms with van der Waals surface area (Å²) >= 11 is 3.25. The van der Waals surface area contributed by atoms with E-state index in [4.69, 9.17) is 4.74 Å². The first-order valence-corrected chi connectivity index (χ1v) is 6.42. The maximum Gasteiger partial charge on any atom is 0.255 e. The summed E-state index contributed by atoms with van der Waals surface area (Å²) in [6, 6.07) is 1.48. The number of nitrogens with zero attached hydrogens (tertiary/aromatic N) is 1. The van der Waals surface area contributed by atoms with Gasteiger partial charge in [0.15, 0.2) is 0 Å². The SMILES string of the molecule is O=C(NCCCOCCBr)c1ccncc1O. The molecule has 0 saturated heterocycles. The lowest BCUT2D eigenvalue weighted by atomic mass is 10.2. The number of aromatic hydroxyl groups is 1. The Morgan fingerprint density at radius 3 is 3.06 bits per heavy atom. The third-order valence-corrected chi connectivity index (χ3v) is 2.34. The van der Waals surface area contributed by atoms with Gasteiger partial charge in [-0.3, -0.25) is 9.78 Å². The fourth-order valence-electron chi connectivity index (χ4n) is 1.21. The van der Waals surface area contributed by atoms with Gasteiger partial charge in [-0.2, -0.15) is 0 Å². The summed E-state index contributed by atoms with van der Waals surface area (Å²) in [6.45, 7) is 1.79. The molecule has 0 atom stereocenters. The molecule has 1 rings (SSSR count). The first-order valence-electron chi connectivity index (χ1n) is 5.30. The number of alkyl halides is 1. The minimum Gasteiger partial charge on any atom is -0.505 e. The molecule has 0 aromatic carbocycles. The maximum atomic E-state index is 11.6. The van der Waals surface area contributed by atoms with E-state index < -0.39 is 0 Å². The van der Waals surface area contributed by atoms with E-state index in [-0.39, 0.29) is 17.2 Å². The van der Waals surface area contributed by atoms with E-state index in [9.17, 15) is 9.90 Å². The van der Waals surface area contributed by atoms with Crippen LogP contribution in [0.3, 0.4) is 0 Å². The molecule has 0 spiro atoms. The van der Waals surface area contributed by atoms with Crippen molar-refractivity contribution in [3.8, 4) is 5.75 Å². The molecule has 0 aliphatic carbocycles. The number of amides is 1. The highest BCUT2D eigenvalue weighted by atomic mass is 79.9. The molecule has 0 aliphatic rings. The Morgan fingerprint density at radius 1 is 1.53 bits per heavy atom. The topological polar surface area (TPSA) is 71.5 Å². The van der Waals surface area contributed by atoms with Crippen molar-refractivity contribution in [1.82, 2.24) is 10.3 Å². The molecule has 1 heterocycles. The molecule has 0 saturated carbocycles.